The maximum absolute atomic E-state index is 12.9. The summed E-state index contributed by atoms with van der Waals surface area (Å²) in [5, 5.41) is 7.47. The van der Waals surface area contributed by atoms with Gasteiger partial charge in [-0.25, -0.2) is 4.68 Å². The van der Waals surface area contributed by atoms with Gasteiger partial charge in [-0.3, -0.25) is 14.5 Å². The van der Waals surface area contributed by atoms with Gasteiger partial charge in [0, 0.05) is 12.6 Å². The molecule has 0 fully saturated rings. The van der Waals surface area contributed by atoms with E-state index in [9.17, 15) is 9.59 Å². The quantitative estimate of drug-likeness (QED) is 0.776. The second kappa shape index (κ2) is 6.15. The minimum Gasteiger partial charge on any atom is -0.340 e. The summed E-state index contributed by atoms with van der Waals surface area (Å²) in [6.07, 6.45) is 0. The van der Waals surface area contributed by atoms with Crippen LogP contribution in [0.15, 0.2) is 60.7 Å². The lowest BCUT2D eigenvalue weighted by atomic mass is 10.1. The summed E-state index contributed by atoms with van der Waals surface area (Å²) in [5.74, 6) is -0.0121. The first-order chi connectivity index (χ1) is 12.6. The van der Waals surface area contributed by atoms with Gasteiger partial charge < -0.3 is 5.32 Å². The van der Waals surface area contributed by atoms with Crippen molar-refractivity contribution >= 4 is 17.6 Å². The first-order valence-corrected chi connectivity index (χ1v) is 8.40. The van der Waals surface area contributed by atoms with Crippen LogP contribution in [-0.4, -0.2) is 34.7 Å². The van der Waals surface area contributed by atoms with E-state index in [1.54, 1.807) is 18.7 Å². The van der Waals surface area contributed by atoms with E-state index in [2.05, 4.69) is 5.32 Å². The van der Waals surface area contributed by atoms with Gasteiger partial charge in [0.25, 0.3) is 5.91 Å². The molecule has 6 nitrogen and oxygen atoms in total. The number of anilines is 1. The first-order valence-electron chi connectivity index (χ1n) is 8.40. The lowest BCUT2D eigenvalue weighted by molar-refractivity contribution is -0.119. The Morgan fingerprint density at radius 2 is 1.58 bits per heavy atom. The molecule has 2 heterocycles. The number of aromatic nitrogens is 2. The van der Waals surface area contributed by atoms with Crippen molar-refractivity contribution in [2.24, 2.45) is 0 Å². The molecule has 0 aliphatic carbocycles. The number of likely N-dealkylation sites (N-methyl/N-ethyl adjacent to an activating group) is 1. The van der Waals surface area contributed by atoms with Crippen LogP contribution in [-0.2, 0) is 4.79 Å². The van der Waals surface area contributed by atoms with Crippen LogP contribution in [0.2, 0.25) is 0 Å². The monoisotopic (exact) mass is 346 g/mol. The number of carbonyl (C=O) groups excluding carboxylic acids is 2. The second-order valence-electron chi connectivity index (χ2n) is 6.25. The Bertz CT molecular complexity index is 980. The molecule has 0 radical (unpaired) electrons. The summed E-state index contributed by atoms with van der Waals surface area (Å²) in [6.45, 7) is 1.69. The molecule has 1 aromatic heterocycles. The normalized spacial score (nSPS) is 16.8. The Labute approximate surface area is 151 Å². The SMILES string of the molecule is CC1NC(=O)c2c(-c3ccccc3)nn(-c3ccccc3)c2N(C)C1=O. The van der Waals surface area contributed by atoms with Crippen molar-refractivity contribution in [3.63, 3.8) is 0 Å². The highest BCUT2D eigenvalue weighted by Crippen LogP contribution is 2.34. The van der Waals surface area contributed by atoms with Crippen molar-refractivity contribution in [1.29, 1.82) is 0 Å². The van der Waals surface area contributed by atoms with E-state index in [4.69, 9.17) is 5.10 Å². The standard InChI is InChI=1S/C20H18N4O2/c1-13-20(26)23(2)19-16(18(25)21-13)17(14-9-5-3-6-10-14)22-24(19)15-11-7-4-8-12-15/h3-13H,1-2H3,(H,21,25). The van der Waals surface area contributed by atoms with Crippen LogP contribution in [0.3, 0.4) is 0 Å². The lowest BCUT2D eigenvalue weighted by Crippen LogP contribution is -2.42. The molecule has 1 unspecified atom stereocenters. The van der Waals surface area contributed by atoms with E-state index >= 15 is 0 Å². The predicted octanol–water partition coefficient (Wildman–Crippen LogP) is 2.63. The number of nitrogens with zero attached hydrogens (tertiary/aromatic N) is 3. The molecular formula is C20H18N4O2. The Morgan fingerprint density at radius 3 is 2.23 bits per heavy atom. The lowest BCUT2D eigenvalue weighted by Gasteiger charge is -2.19. The third-order valence-electron chi connectivity index (χ3n) is 4.50. The molecule has 2 amide bonds. The van der Waals surface area contributed by atoms with Gasteiger partial charge in [0.15, 0.2) is 5.82 Å². The van der Waals surface area contributed by atoms with Gasteiger partial charge >= 0.3 is 0 Å². The molecule has 0 bridgehead atoms. The largest absolute Gasteiger partial charge is 0.340 e. The number of benzene rings is 2. The van der Waals surface area contributed by atoms with Crippen molar-refractivity contribution in [2.75, 3.05) is 11.9 Å². The maximum atomic E-state index is 12.9. The summed E-state index contributed by atoms with van der Waals surface area (Å²) in [4.78, 5) is 27.1. The fourth-order valence-corrected chi connectivity index (χ4v) is 3.20. The van der Waals surface area contributed by atoms with Gasteiger partial charge in [-0.15, -0.1) is 0 Å². The number of para-hydroxylation sites is 1. The molecule has 1 atom stereocenters. The summed E-state index contributed by atoms with van der Waals surface area (Å²) in [7, 11) is 1.67. The average molecular weight is 346 g/mol. The van der Waals surface area contributed by atoms with Crippen LogP contribution >= 0.6 is 0 Å². The topological polar surface area (TPSA) is 67.2 Å². The zero-order chi connectivity index (χ0) is 18.3. The maximum Gasteiger partial charge on any atom is 0.258 e. The van der Waals surface area contributed by atoms with Gasteiger partial charge in [0.05, 0.1) is 5.69 Å². The van der Waals surface area contributed by atoms with Gasteiger partial charge in [-0.2, -0.15) is 5.10 Å². The molecule has 6 heteroatoms. The number of nitrogens with one attached hydrogen (secondary N) is 1. The molecule has 1 N–H and O–H groups in total. The molecule has 0 saturated carbocycles. The molecule has 0 spiro atoms. The van der Waals surface area contributed by atoms with Crippen molar-refractivity contribution in [3.05, 3.63) is 66.2 Å². The van der Waals surface area contributed by atoms with Crippen LogP contribution < -0.4 is 10.2 Å². The molecule has 0 saturated heterocycles. The van der Waals surface area contributed by atoms with Crippen LogP contribution in [0.25, 0.3) is 16.9 Å². The molecule has 1 aliphatic heterocycles. The number of carbonyl (C=O) groups is 2. The van der Waals surface area contributed by atoms with E-state index in [-0.39, 0.29) is 11.8 Å². The van der Waals surface area contributed by atoms with Crippen LogP contribution in [0.1, 0.15) is 17.3 Å². The third kappa shape index (κ3) is 2.47. The summed E-state index contributed by atoms with van der Waals surface area (Å²) in [5.41, 5.74) is 2.56. The van der Waals surface area contributed by atoms with Crippen molar-refractivity contribution in [2.45, 2.75) is 13.0 Å². The minimum absolute atomic E-state index is 0.186. The molecular weight excluding hydrogens is 328 g/mol. The molecule has 130 valence electrons. The van der Waals surface area contributed by atoms with E-state index in [0.29, 0.717) is 17.1 Å². The molecule has 1 aliphatic rings. The molecule has 4 rings (SSSR count). The highest BCUT2D eigenvalue weighted by molar-refractivity contribution is 6.13. The van der Waals surface area contributed by atoms with Crippen LogP contribution in [0.4, 0.5) is 5.82 Å². The number of fused-ring (bicyclic) bond motifs is 1. The zero-order valence-electron chi connectivity index (χ0n) is 14.5. The van der Waals surface area contributed by atoms with Crippen molar-refractivity contribution < 1.29 is 9.59 Å². The Morgan fingerprint density at radius 1 is 0.962 bits per heavy atom. The average Bonchev–Trinajstić information content (AvgIpc) is 3.05. The first kappa shape index (κ1) is 16.1. The second-order valence-corrected chi connectivity index (χ2v) is 6.25. The number of hydrogen-bond acceptors (Lipinski definition) is 3. The summed E-state index contributed by atoms with van der Waals surface area (Å²) >= 11 is 0. The number of hydrogen-bond donors (Lipinski definition) is 1. The van der Waals surface area contributed by atoms with Gasteiger partial charge in [0.2, 0.25) is 5.91 Å². The Balaban J connectivity index is 2.04. The van der Waals surface area contributed by atoms with Crippen molar-refractivity contribution in [3.8, 4) is 16.9 Å². The zero-order valence-corrected chi connectivity index (χ0v) is 14.5. The smallest absolute Gasteiger partial charge is 0.258 e. The fraction of sp³-hybridized carbons (Fsp3) is 0.150. The number of rotatable bonds is 2. The van der Waals surface area contributed by atoms with E-state index in [0.717, 1.165) is 11.3 Å². The van der Waals surface area contributed by atoms with Crippen LogP contribution in [0.5, 0.6) is 0 Å². The van der Waals surface area contributed by atoms with Gasteiger partial charge in [-0.05, 0) is 19.1 Å². The number of amides is 2. The Hall–Kier alpha value is -3.41. The fourth-order valence-electron chi connectivity index (χ4n) is 3.20. The Kier molecular flexibility index (Phi) is 3.80. The molecule has 3 aromatic rings. The third-order valence-corrected chi connectivity index (χ3v) is 4.50. The molecule has 26 heavy (non-hydrogen) atoms. The van der Waals surface area contributed by atoms with Crippen LogP contribution in [0, 0.1) is 0 Å². The van der Waals surface area contributed by atoms with Crippen molar-refractivity contribution in [1.82, 2.24) is 15.1 Å². The highest BCUT2D eigenvalue weighted by Gasteiger charge is 2.36. The van der Waals surface area contributed by atoms with Gasteiger partial charge in [-0.1, -0.05) is 48.5 Å². The summed E-state index contributed by atoms with van der Waals surface area (Å²) in [6, 6.07) is 18.4. The van der Waals surface area contributed by atoms with Gasteiger partial charge in [0.1, 0.15) is 17.3 Å². The summed E-state index contributed by atoms with van der Waals surface area (Å²) < 4.78 is 1.66. The molecule has 2 aromatic carbocycles. The highest BCUT2D eigenvalue weighted by atomic mass is 16.2. The predicted molar refractivity (Wildman–Crippen MR) is 99.3 cm³/mol. The van der Waals surface area contributed by atoms with E-state index in [1.165, 1.54) is 4.90 Å². The minimum atomic E-state index is -0.604. The van der Waals surface area contributed by atoms with E-state index in [1.807, 2.05) is 60.7 Å². The van der Waals surface area contributed by atoms with E-state index < -0.39 is 6.04 Å².